The van der Waals surface area contributed by atoms with Gasteiger partial charge in [-0.05, 0) is 25.7 Å². The molecule has 7 nitrogen and oxygen atoms in total. The number of hydrogen-bond donors (Lipinski definition) is 1. The van der Waals surface area contributed by atoms with Crippen LogP contribution in [-0.2, 0) is 9.53 Å². The molecule has 2 heterocycles. The fourth-order valence-electron chi connectivity index (χ4n) is 2.34. The van der Waals surface area contributed by atoms with Gasteiger partial charge in [0.25, 0.3) is 5.91 Å². The number of esters is 1. The third-order valence-electron chi connectivity index (χ3n) is 3.43. The van der Waals surface area contributed by atoms with E-state index in [0.717, 1.165) is 19.4 Å². The number of aromatic nitrogens is 1. The van der Waals surface area contributed by atoms with Crippen molar-refractivity contribution >= 4 is 17.8 Å². The Bertz CT molecular complexity index is 492. The standard InChI is InChI=1S/C13H19N3O4/c1-8-4-3-5-16(6-8)10(17)7-19-13(18)11-9(2)15-20-12(11)14/h8H,3-7,14H2,1-2H3/t8-/m1/s1. The molecule has 110 valence electrons. The van der Waals surface area contributed by atoms with E-state index in [2.05, 4.69) is 16.6 Å². The molecule has 1 aliphatic rings. The minimum absolute atomic E-state index is 0.0878. The van der Waals surface area contributed by atoms with E-state index in [1.165, 1.54) is 0 Å². The summed E-state index contributed by atoms with van der Waals surface area (Å²) in [6.07, 6.45) is 2.11. The summed E-state index contributed by atoms with van der Waals surface area (Å²) in [6.45, 7) is 4.84. The van der Waals surface area contributed by atoms with Crippen molar-refractivity contribution in [2.45, 2.75) is 26.7 Å². The van der Waals surface area contributed by atoms with Gasteiger partial charge < -0.3 is 19.9 Å². The number of nitrogens with two attached hydrogens (primary N) is 1. The van der Waals surface area contributed by atoms with Crippen molar-refractivity contribution in [3.05, 3.63) is 11.3 Å². The van der Waals surface area contributed by atoms with Gasteiger partial charge in [0.15, 0.2) is 6.61 Å². The van der Waals surface area contributed by atoms with E-state index >= 15 is 0 Å². The maximum Gasteiger partial charge on any atom is 0.346 e. The van der Waals surface area contributed by atoms with E-state index in [-0.39, 0.29) is 24.0 Å². The van der Waals surface area contributed by atoms with E-state index in [9.17, 15) is 9.59 Å². The molecule has 1 aromatic heterocycles. The molecule has 1 amide bonds. The molecule has 1 aliphatic heterocycles. The predicted octanol–water partition coefficient (Wildman–Crippen LogP) is 0.981. The highest BCUT2D eigenvalue weighted by Crippen LogP contribution is 2.18. The Labute approximate surface area is 117 Å². The second-order valence-corrected chi connectivity index (χ2v) is 5.17. The van der Waals surface area contributed by atoms with E-state index in [1.54, 1.807) is 11.8 Å². The first-order valence-electron chi connectivity index (χ1n) is 6.65. The Morgan fingerprint density at radius 2 is 2.30 bits per heavy atom. The third kappa shape index (κ3) is 3.09. The lowest BCUT2D eigenvalue weighted by molar-refractivity contribution is -0.136. The summed E-state index contributed by atoms with van der Waals surface area (Å²) in [5.41, 5.74) is 5.93. The van der Waals surface area contributed by atoms with E-state index < -0.39 is 5.97 Å². The van der Waals surface area contributed by atoms with Crippen LogP contribution in [0.2, 0.25) is 0 Å². The van der Waals surface area contributed by atoms with Crippen LogP contribution >= 0.6 is 0 Å². The molecule has 0 aliphatic carbocycles. The molecular formula is C13H19N3O4. The largest absolute Gasteiger partial charge is 0.452 e. The number of carbonyl (C=O) groups is 2. The molecule has 2 N–H and O–H groups in total. The lowest BCUT2D eigenvalue weighted by Gasteiger charge is -2.30. The van der Waals surface area contributed by atoms with Crippen molar-refractivity contribution < 1.29 is 18.8 Å². The number of anilines is 1. The van der Waals surface area contributed by atoms with E-state index in [4.69, 9.17) is 10.5 Å². The summed E-state index contributed by atoms with van der Waals surface area (Å²) >= 11 is 0. The highest BCUT2D eigenvalue weighted by atomic mass is 16.5. The number of ether oxygens (including phenoxy) is 1. The number of amides is 1. The first kappa shape index (κ1) is 14.4. The summed E-state index contributed by atoms with van der Waals surface area (Å²) in [6, 6.07) is 0. The van der Waals surface area contributed by atoms with Crippen LogP contribution in [0.15, 0.2) is 4.52 Å². The van der Waals surface area contributed by atoms with Crippen LogP contribution in [0, 0.1) is 12.8 Å². The molecule has 0 radical (unpaired) electrons. The van der Waals surface area contributed by atoms with Gasteiger partial charge in [-0.25, -0.2) is 4.79 Å². The Morgan fingerprint density at radius 1 is 1.55 bits per heavy atom. The van der Waals surface area contributed by atoms with Crippen molar-refractivity contribution in [2.24, 2.45) is 5.92 Å². The first-order chi connectivity index (χ1) is 9.49. The third-order valence-corrected chi connectivity index (χ3v) is 3.43. The normalized spacial score (nSPS) is 18.9. The van der Waals surface area contributed by atoms with Crippen LogP contribution in [0.5, 0.6) is 0 Å². The summed E-state index contributed by atoms with van der Waals surface area (Å²) in [5, 5.41) is 3.57. The summed E-state index contributed by atoms with van der Waals surface area (Å²) in [7, 11) is 0. The minimum Gasteiger partial charge on any atom is -0.452 e. The number of aryl methyl sites for hydroxylation is 1. The van der Waals surface area contributed by atoms with Gasteiger partial charge in [0.2, 0.25) is 5.88 Å². The summed E-state index contributed by atoms with van der Waals surface area (Å²) < 4.78 is 9.67. The average Bonchev–Trinajstić information content (AvgIpc) is 2.75. The number of rotatable bonds is 3. The molecule has 1 saturated heterocycles. The van der Waals surface area contributed by atoms with Crippen molar-refractivity contribution in [3.8, 4) is 0 Å². The number of likely N-dealkylation sites (tertiary alicyclic amines) is 1. The van der Waals surface area contributed by atoms with Gasteiger partial charge >= 0.3 is 5.97 Å². The van der Waals surface area contributed by atoms with Gasteiger partial charge in [-0.15, -0.1) is 0 Å². The van der Waals surface area contributed by atoms with Crippen LogP contribution in [0.1, 0.15) is 35.8 Å². The van der Waals surface area contributed by atoms with Gasteiger partial charge in [0, 0.05) is 13.1 Å². The molecule has 1 atom stereocenters. The zero-order chi connectivity index (χ0) is 14.7. The average molecular weight is 281 g/mol. The summed E-state index contributed by atoms with van der Waals surface area (Å²) in [5.74, 6) is -0.469. The maximum absolute atomic E-state index is 12.0. The van der Waals surface area contributed by atoms with Gasteiger partial charge in [0.05, 0.1) is 5.69 Å². The molecule has 0 unspecified atom stereocenters. The van der Waals surface area contributed by atoms with Crippen molar-refractivity contribution in [1.29, 1.82) is 0 Å². The monoisotopic (exact) mass is 281 g/mol. The van der Waals surface area contributed by atoms with Gasteiger partial charge in [-0.1, -0.05) is 12.1 Å². The van der Waals surface area contributed by atoms with Crippen LogP contribution in [-0.4, -0.2) is 41.6 Å². The number of hydrogen-bond acceptors (Lipinski definition) is 6. The number of piperidine rings is 1. The summed E-state index contributed by atoms with van der Waals surface area (Å²) in [4.78, 5) is 25.5. The lowest BCUT2D eigenvalue weighted by Crippen LogP contribution is -2.41. The smallest absolute Gasteiger partial charge is 0.346 e. The topological polar surface area (TPSA) is 98.7 Å². The molecule has 20 heavy (non-hydrogen) atoms. The molecule has 0 spiro atoms. The van der Waals surface area contributed by atoms with E-state index in [1.807, 2.05) is 0 Å². The molecule has 0 bridgehead atoms. The van der Waals surface area contributed by atoms with Crippen LogP contribution < -0.4 is 5.73 Å². The Morgan fingerprint density at radius 3 is 2.90 bits per heavy atom. The fraction of sp³-hybridized carbons (Fsp3) is 0.615. The Balaban J connectivity index is 1.89. The lowest BCUT2D eigenvalue weighted by atomic mass is 10.0. The van der Waals surface area contributed by atoms with E-state index in [0.29, 0.717) is 18.2 Å². The minimum atomic E-state index is -0.681. The quantitative estimate of drug-likeness (QED) is 0.829. The van der Waals surface area contributed by atoms with Gasteiger partial charge in [0.1, 0.15) is 5.56 Å². The molecule has 7 heteroatoms. The van der Waals surface area contributed by atoms with Crippen molar-refractivity contribution in [1.82, 2.24) is 10.1 Å². The first-order valence-corrected chi connectivity index (χ1v) is 6.65. The molecule has 2 rings (SSSR count). The van der Waals surface area contributed by atoms with Gasteiger partial charge in [-0.2, -0.15) is 0 Å². The second-order valence-electron chi connectivity index (χ2n) is 5.17. The fourth-order valence-corrected chi connectivity index (χ4v) is 2.34. The zero-order valence-electron chi connectivity index (χ0n) is 11.7. The molecular weight excluding hydrogens is 262 g/mol. The molecule has 1 fully saturated rings. The predicted molar refractivity (Wildman–Crippen MR) is 70.9 cm³/mol. The van der Waals surface area contributed by atoms with Crippen LogP contribution in [0.25, 0.3) is 0 Å². The van der Waals surface area contributed by atoms with Crippen LogP contribution in [0.3, 0.4) is 0 Å². The second kappa shape index (κ2) is 5.94. The van der Waals surface area contributed by atoms with Crippen molar-refractivity contribution in [3.63, 3.8) is 0 Å². The molecule has 0 aromatic carbocycles. The zero-order valence-corrected chi connectivity index (χ0v) is 11.7. The number of carbonyl (C=O) groups excluding carboxylic acids is 2. The Kier molecular flexibility index (Phi) is 4.26. The maximum atomic E-state index is 12.0. The molecule has 0 saturated carbocycles. The van der Waals surface area contributed by atoms with Crippen LogP contribution in [0.4, 0.5) is 5.88 Å². The molecule has 1 aromatic rings. The SMILES string of the molecule is Cc1noc(N)c1C(=O)OCC(=O)N1CCC[C@@H](C)C1. The number of nitrogen functional groups attached to an aromatic ring is 1. The van der Waals surface area contributed by atoms with Gasteiger partial charge in [-0.3, -0.25) is 4.79 Å². The Hall–Kier alpha value is -2.05. The highest BCUT2D eigenvalue weighted by molar-refractivity contribution is 5.96. The highest BCUT2D eigenvalue weighted by Gasteiger charge is 2.24. The number of nitrogens with zero attached hydrogens (tertiary/aromatic N) is 2. The van der Waals surface area contributed by atoms with Crippen molar-refractivity contribution in [2.75, 3.05) is 25.4 Å².